The number of amides is 1. The summed E-state index contributed by atoms with van der Waals surface area (Å²) in [7, 11) is 0. The van der Waals surface area contributed by atoms with Gasteiger partial charge in [0.2, 0.25) is 0 Å². The molecule has 1 unspecified atom stereocenters. The molecule has 1 aliphatic rings. The number of H-pyrrole nitrogens is 1. The van der Waals surface area contributed by atoms with Gasteiger partial charge in [0.15, 0.2) is 5.43 Å². The lowest BCUT2D eigenvalue weighted by Crippen LogP contribution is -2.32. The third-order valence-electron chi connectivity index (χ3n) is 4.11. The predicted octanol–water partition coefficient (Wildman–Crippen LogP) is 1.91. The van der Waals surface area contributed by atoms with Gasteiger partial charge in [-0.25, -0.2) is 8.78 Å². The van der Waals surface area contributed by atoms with Crippen molar-refractivity contribution in [3.63, 3.8) is 0 Å². The van der Waals surface area contributed by atoms with Crippen molar-refractivity contribution in [2.45, 2.75) is 6.42 Å². The molecule has 1 aromatic carbocycles. The Morgan fingerprint density at radius 1 is 1.29 bits per heavy atom. The fourth-order valence-electron chi connectivity index (χ4n) is 2.86. The zero-order chi connectivity index (χ0) is 17.1. The molecule has 0 saturated carbocycles. The SMILES string of the molecule is O=C(NCC1CCN(c2ccc(F)cc2F)C1)c1cc(=O)cc[nH]1. The van der Waals surface area contributed by atoms with Gasteiger partial charge in [-0.05, 0) is 24.5 Å². The van der Waals surface area contributed by atoms with Gasteiger partial charge < -0.3 is 15.2 Å². The molecule has 24 heavy (non-hydrogen) atoms. The first kappa shape index (κ1) is 16.2. The number of anilines is 1. The summed E-state index contributed by atoms with van der Waals surface area (Å²) < 4.78 is 26.8. The molecule has 1 atom stereocenters. The molecule has 1 fully saturated rings. The van der Waals surface area contributed by atoms with Crippen molar-refractivity contribution in [2.75, 3.05) is 24.5 Å². The zero-order valence-corrected chi connectivity index (χ0v) is 12.9. The van der Waals surface area contributed by atoms with E-state index in [4.69, 9.17) is 0 Å². The molecule has 1 amide bonds. The van der Waals surface area contributed by atoms with Crippen LogP contribution in [0.2, 0.25) is 0 Å². The first-order valence-corrected chi connectivity index (χ1v) is 7.70. The molecule has 0 radical (unpaired) electrons. The van der Waals surface area contributed by atoms with Crippen LogP contribution in [0.4, 0.5) is 14.5 Å². The number of aromatic amines is 1. The first-order chi connectivity index (χ1) is 11.5. The van der Waals surface area contributed by atoms with Gasteiger partial charge in [-0.15, -0.1) is 0 Å². The van der Waals surface area contributed by atoms with E-state index in [0.717, 1.165) is 12.5 Å². The van der Waals surface area contributed by atoms with Gasteiger partial charge >= 0.3 is 0 Å². The van der Waals surface area contributed by atoms with Gasteiger partial charge in [0.1, 0.15) is 17.3 Å². The monoisotopic (exact) mass is 333 g/mol. The zero-order valence-electron chi connectivity index (χ0n) is 12.9. The largest absolute Gasteiger partial charge is 0.369 e. The van der Waals surface area contributed by atoms with Gasteiger partial charge in [0.25, 0.3) is 5.91 Å². The van der Waals surface area contributed by atoms with Crippen LogP contribution in [0.5, 0.6) is 0 Å². The molecule has 1 saturated heterocycles. The van der Waals surface area contributed by atoms with E-state index < -0.39 is 11.6 Å². The van der Waals surface area contributed by atoms with Crippen LogP contribution in [-0.2, 0) is 0 Å². The van der Waals surface area contributed by atoms with Crippen molar-refractivity contribution in [1.29, 1.82) is 0 Å². The highest BCUT2D eigenvalue weighted by Crippen LogP contribution is 2.26. The Labute approximate surface area is 137 Å². The van der Waals surface area contributed by atoms with Crippen LogP contribution in [0.3, 0.4) is 0 Å². The highest BCUT2D eigenvalue weighted by molar-refractivity contribution is 5.92. The minimum absolute atomic E-state index is 0.161. The minimum atomic E-state index is -0.601. The second kappa shape index (κ2) is 6.82. The van der Waals surface area contributed by atoms with Gasteiger partial charge in [-0.2, -0.15) is 0 Å². The summed E-state index contributed by atoms with van der Waals surface area (Å²) in [6.45, 7) is 1.65. The van der Waals surface area contributed by atoms with E-state index in [1.165, 1.54) is 30.5 Å². The van der Waals surface area contributed by atoms with Crippen LogP contribution in [0.25, 0.3) is 0 Å². The number of nitrogens with one attached hydrogen (secondary N) is 2. The molecule has 1 aromatic heterocycles. The summed E-state index contributed by atoms with van der Waals surface area (Å²) in [4.78, 5) is 27.8. The molecule has 7 heteroatoms. The van der Waals surface area contributed by atoms with Crippen LogP contribution in [0, 0.1) is 17.6 Å². The van der Waals surface area contributed by atoms with E-state index in [9.17, 15) is 18.4 Å². The number of aromatic nitrogens is 1. The molecule has 0 aliphatic carbocycles. The van der Waals surface area contributed by atoms with Crippen molar-refractivity contribution in [3.05, 3.63) is 64.1 Å². The van der Waals surface area contributed by atoms with E-state index >= 15 is 0 Å². The molecule has 5 nitrogen and oxygen atoms in total. The average Bonchev–Trinajstić information content (AvgIpc) is 3.01. The number of carbonyl (C=O) groups excluding carboxylic acids is 1. The summed E-state index contributed by atoms with van der Waals surface area (Å²) in [6.07, 6.45) is 2.22. The molecule has 0 bridgehead atoms. The molecular weight excluding hydrogens is 316 g/mol. The number of hydrogen-bond acceptors (Lipinski definition) is 3. The number of halogens is 2. The first-order valence-electron chi connectivity index (χ1n) is 7.70. The second-order valence-corrected chi connectivity index (χ2v) is 5.84. The van der Waals surface area contributed by atoms with Crippen LogP contribution in [-0.4, -0.2) is 30.5 Å². The Balaban J connectivity index is 1.56. The third-order valence-corrected chi connectivity index (χ3v) is 4.11. The Kier molecular flexibility index (Phi) is 4.59. The van der Waals surface area contributed by atoms with Gasteiger partial charge in [0, 0.05) is 44.0 Å². The van der Waals surface area contributed by atoms with Gasteiger partial charge in [-0.1, -0.05) is 0 Å². The van der Waals surface area contributed by atoms with Crippen molar-refractivity contribution in [2.24, 2.45) is 5.92 Å². The third kappa shape index (κ3) is 3.61. The van der Waals surface area contributed by atoms with Gasteiger partial charge in [-0.3, -0.25) is 9.59 Å². The number of carbonyl (C=O) groups is 1. The summed E-state index contributed by atoms with van der Waals surface area (Å²) >= 11 is 0. The Morgan fingerprint density at radius 2 is 2.12 bits per heavy atom. The summed E-state index contributed by atoms with van der Waals surface area (Å²) in [5, 5.41) is 2.77. The number of rotatable bonds is 4. The summed E-state index contributed by atoms with van der Waals surface area (Å²) in [5.74, 6) is -1.37. The fourth-order valence-corrected chi connectivity index (χ4v) is 2.86. The van der Waals surface area contributed by atoms with E-state index in [0.29, 0.717) is 25.3 Å². The molecule has 2 N–H and O–H groups in total. The average molecular weight is 333 g/mol. The maximum atomic E-state index is 13.8. The topological polar surface area (TPSA) is 65.2 Å². The lowest BCUT2D eigenvalue weighted by atomic mass is 10.1. The van der Waals surface area contributed by atoms with Crippen LogP contribution in [0.1, 0.15) is 16.9 Å². The van der Waals surface area contributed by atoms with Crippen molar-refractivity contribution >= 4 is 11.6 Å². The predicted molar refractivity (Wildman–Crippen MR) is 86.1 cm³/mol. The van der Waals surface area contributed by atoms with Crippen LogP contribution >= 0.6 is 0 Å². The number of nitrogens with zero attached hydrogens (tertiary/aromatic N) is 1. The highest BCUT2D eigenvalue weighted by atomic mass is 19.1. The standard InChI is InChI=1S/C17H17F2N3O2/c18-12-1-2-16(14(19)7-12)22-6-4-11(10-22)9-21-17(24)15-8-13(23)3-5-20-15/h1-3,5,7-8,11H,4,6,9-10H2,(H,20,23)(H,21,24). The minimum Gasteiger partial charge on any atom is -0.369 e. The van der Waals surface area contributed by atoms with E-state index in [1.54, 1.807) is 0 Å². The van der Waals surface area contributed by atoms with E-state index in [-0.39, 0.29) is 22.9 Å². The molecular formula is C17H17F2N3O2. The fraction of sp³-hybridized carbons (Fsp3) is 0.294. The number of hydrogen-bond donors (Lipinski definition) is 2. The quantitative estimate of drug-likeness (QED) is 0.898. The highest BCUT2D eigenvalue weighted by Gasteiger charge is 2.25. The summed E-state index contributed by atoms with van der Waals surface area (Å²) in [5.41, 5.74) is 0.345. The smallest absolute Gasteiger partial charge is 0.267 e. The second-order valence-electron chi connectivity index (χ2n) is 5.84. The van der Waals surface area contributed by atoms with Crippen LogP contribution in [0.15, 0.2) is 41.3 Å². The van der Waals surface area contributed by atoms with Crippen LogP contribution < -0.4 is 15.6 Å². The van der Waals surface area contributed by atoms with E-state index in [1.807, 2.05) is 4.90 Å². The Hall–Kier alpha value is -2.70. The molecule has 126 valence electrons. The number of benzene rings is 1. The molecule has 3 rings (SSSR count). The van der Waals surface area contributed by atoms with Gasteiger partial charge in [0.05, 0.1) is 5.69 Å². The lowest BCUT2D eigenvalue weighted by molar-refractivity contribution is 0.0943. The Bertz CT molecular complexity index is 806. The molecule has 2 aromatic rings. The normalized spacial score (nSPS) is 17.1. The maximum Gasteiger partial charge on any atom is 0.267 e. The molecule has 2 heterocycles. The van der Waals surface area contributed by atoms with Crippen molar-refractivity contribution in [3.8, 4) is 0 Å². The lowest BCUT2D eigenvalue weighted by Gasteiger charge is -2.19. The van der Waals surface area contributed by atoms with Crippen molar-refractivity contribution in [1.82, 2.24) is 10.3 Å². The maximum absolute atomic E-state index is 13.8. The molecule has 0 spiro atoms. The molecule has 1 aliphatic heterocycles. The number of pyridine rings is 1. The van der Waals surface area contributed by atoms with E-state index in [2.05, 4.69) is 10.3 Å². The summed E-state index contributed by atoms with van der Waals surface area (Å²) in [6, 6.07) is 6.11. The Morgan fingerprint density at radius 3 is 2.88 bits per heavy atom. The van der Waals surface area contributed by atoms with Crippen molar-refractivity contribution < 1.29 is 13.6 Å².